The van der Waals surface area contributed by atoms with Crippen LogP contribution in [0.3, 0.4) is 0 Å². The third-order valence-electron chi connectivity index (χ3n) is 3.94. The molecule has 0 atom stereocenters. The molecule has 0 aliphatic rings. The second-order valence-electron chi connectivity index (χ2n) is 5.46. The van der Waals surface area contributed by atoms with Crippen LogP contribution in [0.5, 0.6) is 0 Å². The lowest BCUT2D eigenvalue weighted by Gasteiger charge is -2.10. The fourth-order valence-electron chi connectivity index (χ4n) is 2.67. The van der Waals surface area contributed by atoms with E-state index in [0.717, 1.165) is 16.5 Å². The molecule has 0 bridgehead atoms. The number of halogens is 1. The summed E-state index contributed by atoms with van der Waals surface area (Å²) in [5.74, 6) is -0.737. The van der Waals surface area contributed by atoms with Crippen LogP contribution in [-0.2, 0) is 7.05 Å². The monoisotopic (exact) mass is 385 g/mol. The fourth-order valence-corrected chi connectivity index (χ4v) is 3.45. The molecule has 0 aliphatic carbocycles. The Bertz CT molecular complexity index is 908. The Morgan fingerprint density at radius 2 is 1.58 bits per heavy atom. The molecule has 0 aliphatic heterocycles. The van der Waals surface area contributed by atoms with E-state index in [9.17, 15) is 9.59 Å². The minimum atomic E-state index is -0.387. The van der Waals surface area contributed by atoms with Crippen LogP contribution in [-0.4, -0.2) is 16.4 Å². The molecule has 24 heavy (non-hydrogen) atoms. The first-order chi connectivity index (χ1) is 11.5. The Morgan fingerprint density at radius 3 is 2.29 bits per heavy atom. The lowest BCUT2D eigenvalue weighted by Crippen LogP contribution is -2.42. The van der Waals surface area contributed by atoms with Crippen molar-refractivity contribution in [3.05, 3.63) is 69.8 Å². The lowest BCUT2D eigenvalue weighted by molar-refractivity contribution is 0.0841. The highest BCUT2D eigenvalue weighted by Crippen LogP contribution is 2.29. The first-order valence-corrected chi connectivity index (χ1v) is 8.19. The number of carbonyl (C=O) groups is 2. The van der Waals surface area contributed by atoms with E-state index in [1.54, 1.807) is 16.7 Å². The van der Waals surface area contributed by atoms with Crippen molar-refractivity contribution < 1.29 is 9.59 Å². The summed E-state index contributed by atoms with van der Waals surface area (Å²) in [4.78, 5) is 24.7. The van der Waals surface area contributed by atoms with Crippen molar-refractivity contribution in [2.45, 2.75) is 6.92 Å². The number of nitrogens with zero attached hydrogens (tertiary/aromatic N) is 1. The van der Waals surface area contributed by atoms with Gasteiger partial charge in [0.25, 0.3) is 11.8 Å². The van der Waals surface area contributed by atoms with Crippen LogP contribution in [0, 0.1) is 6.92 Å². The lowest BCUT2D eigenvalue weighted by atomic mass is 10.1. The molecule has 5 nitrogen and oxygen atoms in total. The number of aryl methyl sites for hydroxylation is 2. The van der Waals surface area contributed by atoms with Crippen LogP contribution < -0.4 is 10.9 Å². The molecule has 1 heterocycles. The van der Waals surface area contributed by atoms with Gasteiger partial charge in [-0.15, -0.1) is 0 Å². The summed E-state index contributed by atoms with van der Waals surface area (Å²) in [7, 11) is 1.81. The molecule has 0 unspecified atom stereocenters. The van der Waals surface area contributed by atoms with E-state index in [1.165, 1.54) is 0 Å². The maximum Gasteiger partial charge on any atom is 0.287 e. The predicted octanol–water partition coefficient (Wildman–Crippen LogP) is 3.32. The van der Waals surface area contributed by atoms with Gasteiger partial charge >= 0.3 is 0 Å². The van der Waals surface area contributed by atoms with Crippen molar-refractivity contribution >= 4 is 38.6 Å². The molecule has 122 valence electrons. The summed E-state index contributed by atoms with van der Waals surface area (Å²) < 4.78 is 2.48. The SMILES string of the molecule is Cc1ccccc1C(=O)NNC(=O)c1c(Br)c2ccccc2n1C. The van der Waals surface area contributed by atoms with Gasteiger partial charge in [-0.05, 0) is 40.5 Å². The highest BCUT2D eigenvalue weighted by molar-refractivity contribution is 9.10. The van der Waals surface area contributed by atoms with Crippen LogP contribution in [0.15, 0.2) is 53.0 Å². The first-order valence-electron chi connectivity index (χ1n) is 7.40. The van der Waals surface area contributed by atoms with Gasteiger partial charge in [-0.1, -0.05) is 36.4 Å². The molecule has 0 saturated carbocycles. The van der Waals surface area contributed by atoms with E-state index in [-0.39, 0.29) is 11.8 Å². The third-order valence-corrected chi connectivity index (χ3v) is 4.74. The van der Waals surface area contributed by atoms with Crippen molar-refractivity contribution in [1.29, 1.82) is 0 Å². The fraction of sp³-hybridized carbons (Fsp3) is 0.111. The normalized spacial score (nSPS) is 10.6. The number of benzene rings is 2. The minimum Gasteiger partial charge on any atom is -0.339 e. The smallest absolute Gasteiger partial charge is 0.287 e. The van der Waals surface area contributed by atoms with E-state index in [0.29, 0.717) is 15.7 Å². The molecule has 6 heteroatoms. The van der Waals surface area contributed by atoms with Gasteiger partial charge in [0, 0.05) is 23.5 Å². The number of amides is 2. The van der Waals surface area contributed by atoms with Crippen molar-refractivity contribution in [3.8, 4) is 0 Å². The highest BCUT2D eigenvalue weighted by atomic mass is 79.9. The second kappa shape index (κ2) is 6.49. The summed E-state index contributed by atoms with van der Waals surface area (Å²) in [5, 5.41) is 0.940. The number of carbonyl (C=O) groups excluding carboxylic acids is 2. The number of hydrogen-bond acceptors (Lipinski definition) is 2. The Kier molecular flexibility index (Phi) is 4.40. The van der Waals surface area contributed by atoms with Gasteiger partial charge < -0.3 is 4.57 Å². The first kappa shape index (κ1) is 16.3. The van der Waals surface area contributed by atoms with E-state index < -0.39 is 0 Å². The number of fused-ring (bicyclic) bond motifs is 1. The second-order valence-corrected chi connectivity index (χ2v) is 6.25. The van der Waals surface area contributed by atoms with Gasteiger partial charge in [-0.3, -0.25) is 20.4 Å². The molecule has 2 aromatic carbocycles. The van der Waals surface area contributed by atoms with Gasteiger partial charge in [0.05, 0.1) is 4.47 Å². The Labute approximate surface area is 147 Å². The number of hydrogen-bond donors (Lipinski definition) is 2. The maximum absolute atomic E-state index is 12.5. The topological polar surface area (TPSA) is 63.1 Å². The molecular weight excluding hydrogens is 370 g/mol. The molecule has 0 fully saturated rings. The van der Waals surface area contributed by atoms with Crippen LogP contribution in [0.1, 0.15) is 26.4 Å². The Balaban J connectivity index is 1.81. The van der Waals surface area contributed by atoms with E-state index >= 15 is 0 Å². The zero-order chi connectivity index (χ0) is 17.3. The van der Waals surface area contributed by atoms with Crippen LogP contribution in [0.4, 0.5) is 0 Å². The van der Waals surface area contributed by atoms with E-state index in [4.69, 9.17) is 0 Å². The maximum atomic E-state index is 12.5. The molecular formula is C18H16BrN3O2. The summed E-state index contributed by atoms with van der Waals surface area (Å²) in [5.41, 5.74) is 7.68. The Hall–Kier alpha value is -2.60. The van der Waals surface area contributed by atoms with Crippen LogP contribution in [0.2, 0.25) is 0 Å². The quantitative estimate of drug-likeness (QED) is 0.664. The van der Waals surface area contributed by atoms with Crippen molar-refractivity contribution in [3.63, 3.8) is 0 Å². The highest BCUT2D eigenvalue weighted by Gasteiger charge is 2.20. The number of para-hydroxylation sites is 1. The van der Waals surface area contributed by atoms with Crippen molar-refractivity contribution in [1.82, 2.24) is 15.4 Å². The van der Waals surface area contributed by atoms with Gasteiger partial charge in [0.1, 0.15) is 5.69 Å². The Morgan fingerprint density at radius 1 is 0.958 bits per heavy atom. The molecule has 2 N–H and O–H groups in total. The molecule has 3 rings (SSSR count). The number of nitrogens with one attached hydrogen (secondary N) is 2. The van der Waals surface area contributed by atoms with Crippen molar-refractivity contribution in [2.75, 3.05) is 0 Å². The van der Waals surface area contributed by atoms with Gasteiger partial charge in [-0.2, -0.15) is 0 Å². The summed E-state index contributed by atoms with van der Waals surface area (Å²) in [6.07, 6.45) is 0. The summed E-state index contributed by atoms with van der Waals surface area (Å²) in [6.45, 7) is 1.84. The third kappa shape index (κ3) is 2.80. The summed E-state index contributed by atoms with van der Waals surface area (Å²) >= 11 is 3.47. The van der Waals surface area contributed by atoms with Crippen LogP contribution >= 0.6 is 15.9 Å². The van der Waals surface area contributed by atoms with E-state index in [1.807, 2.05) is 50.4 Å². The minimum absolute atomic E-state index is 0.351. The van der Waals surface area contributed by atoms with Gasteiger partial charge in [0.15, 0.2) is 0 Å². The van der Waals surface area contributed by atoms with E-state index in [2.05, 4.69) is 26.8 Å². The van der Waals surface area contributed by atoms with Gasteiger partial charge in [0.2, 0.25) is 0 Å². The average Bonchev–Trinajstić information content (AvgIpc) is 2.84. The largest absolute Gasteiger partial charge is 0.339 e. The summed E-state index contributed by atoms with van der Waals surface area (Å²) in [6, 6.07) is 14.9. The number of aromatic nitrogens is 1. The molecule has 1 aromatic heterocycles. The molecule has 2 amide bonds. The average molecular weight is 386 g/mol. The van der Waals surface area contributed by atoms with Crippen LogP contribution in [0.25, 0.3) is 10.9 Å². The molecule has 0 spiro atoms. The van der Waals surface area contributed by atoms with Crippen molar-refractivity contribution in [2.24, 2.45) is 7.05 Å². The predicted molar refractivity (Wildman–Crippen MR) is 96.7 cm³/mol. The molecule has 0 radical (unpaired) electrons. The zero-order valence-corrected chi connectivity index (χ0v) is 14.8. The number of rotatable bonds is 2. The molecule has 0 saturated heterocycles. The van der Waals surface area contributed by atoms with Gasteiger partial charge in [-0.25, -0.2) is 0 Å². The molecule has 3 aromatic rings. The standard InChI is InChI=1S/C18H16BrN3O2/c1-11-7-3-4-8-12(11)17(23)20-21-18(24)16-15(19)13-9-5-6-10-14(13)22(16)2/h3-10H,1-2H3,(H,20,23)(H,21,24). The zero-order valence-electron chi connectivity index (χ0n) is 13.3. The number of hydrazine groups is 1.